The van der Waals surface area contributed by atoms with Crippen LogP contribution in [0.4, 0.5) is 13.2 Å². The van der Waals surface area contributed by atoms with Crippen LogP contribution in [0.25, 0.3) is 10.9 Å². The Morgan fingerprint density at radius 1 is 1.00 bits per heavy atom. The molecule has 0 aliphatic carbocycles. The molecular formula is C24H17Cl2F3N2O. The molecule has 164 valence electrons. The van der Waals surface area contributed by atoms with E-state index in [1.165, 1.54) is 18.3 Å². The van der Waals surface area contributed by atoms with Crippen LogP contribution >= 0.6 is 23.2 Å². The van der Waals surface area contributed by atoms with Crippen LogP contribution in [-0.2, 0) is 12.6 Å². The van der Waals surface area contributed by atoms with Crippen molar-refractivity contribution in [2.24, 2.45) is 0 Å². The van der Waals surface area contributed by atoms with Gasteiger partial charge in [0, 0.05) is 41.4 Å². The van der Waals surface area contributed by atoms with Gasteiger partial charge in [-0.2, -0.15) is 13.2 Å². The number of aromatic nitrogens is 2. The molecule has 0 radical (unpaired) electrons. The summed E-state index contributed by atoms with van der Waals surface area (Å²) in [6, 6.07) is 12.6. The molecule has 0 saturated heterocycles. The summed E-state index contributed by atoms with van der Waals surface area (Å²) in [5.41, 5.74) is 1.66. The second-order valence-electron chi connectivity index (χ2n) is 7.50. The Labute approximate surface area is 192 Å². The molecule has 0 amide bonds. The second-order valence-corrected chi connectivity index (χ2v) is 8.31. The maximum atomic E-state index is 13.5. The monoisotopic (exact) mass is 476 g/mol. The van der Waals surface area contributed by atoms with E-state index < -0.39 is 17.7 Å². The molecule has 0 fully saturated rings. The van der Waals surface area contributed by atoms with Crippen LogP contribution in [0.3, 0.4) is 0 Å². The zero-order valence-electron chi connectivity index (χ0n) is 16.8. The molecule has 0 aliphatic rings. The lowest BCUT2D eigenvalue weighted by Crippen LogP contribution is -2.11. The van der Waals surface area contributed by atoms with Gasteiger partial charge in [-0.1, -0.05) is 47.5 Å². The molecule has 32 heavy (non-hydrogen) atoms. The predicted molar refractivity (Wildman–Crippen MR) is 119 cm³/mol. The van der Waals surface area contributed by atoms with Crippen molar-refractivity contribution < 1.29 is 18.3 Å². The molecule has 3 nitrogen and oxygen atoms in total. The van der Waals surface area contributed by atoms with Crippen molar-refractivity contribution in [3.8, 4) is 5.75 Å². The number of pyridine rings is 2. The Bertz CT molecular complexity index is 1310. The average molecular weight is 477 g/mol. The van der Waals surface area contributed by atoms with Crippen LogP contribution in [0.5, 0.6) is 5.75 Å². The third-order valence-electron chi connectivity index (χ3n) is 5.37. The van der Waals surface area contributed by atoms with Crippen LogP contribution in [0.15, 0.2) is 60.9 Å². The minimum absolute atomic E-state index is 0.0812. The summed E-state index contributed by atoms with van der Waals surface area (Å²) in [4.78, 5) is 8.57. The number of phenolic OH excluding ortho intramolecular Hbond substituents is 1. The molecule has 4 aromatic rings. The third-order valence-corrected chi connectivity index (χ3v) is 6.09. The number of fused-ring (bicyclic) bond motifs is 1. The van der Waals surface area contributed by atoms with Gasteiger partial charge in [0.05, 0.1) is 15.6 Å². The first-order valence-electron chi connectivity index (χ1n) is 9.69. The average Bonchev–Trinajstić information content (AvgIpc) is 2.75. The van der Waals surface area contributed by atoms with Crippen molar-refractivity contribution in [2.45, 2.75) is 25.4 Å². The highest BCUT2D eigenvalue weighted by Crippen LogP contribution is 2.41. The summed E-state index contributed by atoms with van der Waals surface area (Å²) in [5.74, 6) is -0.713. The molecule has 1 unspecified atom stereocenters. The van der Waals surface area contributed by atoms with Gasteiger partial charge < -0.3 is 5.11 Å². The van der Waals surface area contributed by atoms with Crippen LogP contribution in [0.1, 0.15) is 33.9 Å². The standard InChI is InChI=1S/C24H17Cl2F3N2O/c1-13-9-16(31-12-21(13)26)11-18(15-5-7-20(25)19(10-15)24(27,28)29)17-6-4-14-3-2-8-30-22(14)23(17)32/h2-10,12,18,32H,11H2,1H3. The maximum Gasteiger partial charge on any atom is 0.417 e. The van der Waals surface area contributed by atoms with Crippen LogP contribution in [-0.4, -0.2) is 15.1 Å². The largest absolute Gasteiger partial charge is 0.505 e. The fourth-order valence-corrected chi connectivity index (χ4v) is 4.06. The van der Waals surface area contributed by atoms with E-state index in [0.29, 0.717) is 27.4 Å². The highest BCUT2D eigenvalue weighted by molar-refractivity contribution is 6.31. The number of halogens is 5. The highest BCUT2D eigenvalue weighted by Gasteiger charge is 2.34. The molecule has 8 heteroatoms. The number of hydrogen-bond acceptors (Lipinski definition) is 3. The Morgan fingerprint density at radius 2 is 1.78 bits per heavy atom. The Balaban J connectivity index is 1.90. The van der Waals surface area contributed by atoms with Gasteiger partial charge in [-0.05, 0) is 42.3 Å². The van der Waals surface area contributed by atoms with Crippen LogP contribution in [0.2, 0.25) is 10.0 Å². The van der Waals surface area contributed by atoms with E-state index in [4.69, 9.17) is 23.2 Å². The van der Waals surface area contributed by atoms with E-state index in [1.54, 1.807) is 36.5 Å². The van der Waals surface area contributed by atoms with Crippen LogP contribution in [0, 0.1) is 6.92 Å². The third kappa shape index (κ3) is 4.38. The predicted octanol–water partition coefficient (Wildman–Crippen LogP) is 7.34. The van der Waals surface area contributed by atoms with Gasteiger partial charge in [0.2, 0.25) is 0 Å². The first-order chi connectivity index (χ1) is 15.1. The quantitative estimate of drug-likeness (QED) is 0.335. The highest BCUT2D eigenvalue weighted by atomic mass is 35.5. The zero-order chi connectivity index (χ0) is 23.0. The number of rotatable bonds is 4. The van der Waals surface area contributed by atoms with E-state index in [1.807, 2.05) is 6.92 Å². The van der Waals surface area contributed by atoms with E-state index in [0.717, 1.165) is 17.0 Å². The lowest BCUT2D eigenvalue weighted by atomic mass is 9.85. The van der Waals surface area contributed by atoms with Gasteiger partial charge in [-0.15, -0.1) is 0 Å². The fourth-order valence-electron chi connectivity index (χ4n) is 3.73. The van der Waals surface area contributed by atoms with Gasteiger partial charge in [0.15, 0.2) is 0 Å². The van der Waals surface area contributed by atoms with E-state index in [2.05, 4.69) is 9.97 Å². The lowest BCUT2D eigenvalue weighted by Gasteiger charge is -2.21. The molecule has 0 saturated carbocycles. The number of aryl methyl sites for hydroxylation is 1. The fraction of sp³-hybridized carbons (Fsp3) is 0.167. The Hall–Kier alpha value is -2.83. The van der Waals surface area contributed by atoms with Gasteiger partial charge >= 0.3 is 6.18 Å². The SMILES string of the molecule is Cc1cc(CC(c2ccc(Cl)c(C(F)(F)F)c2)c2ccc3cccnc3c2O)ncc1Cl. The van der Waals surface area contributed by atoms with Crippen molar-refractivity contribution in [1.29, 1.82) is 0 Å². The Kier molecular flexibility index (Phi) is 6.01. The summed E-state index contributed by atoms with van der Waals surface area (Å²) in [5, 5.41) is 11.8. The van der Waals surface area contributed by atoms with E-state index in [9.17, 15) is 18.3 Å². The van der Waals surface area contributed by atoms with Crippen molar-refractivity contribution >= 4 is 34.1 Å². The Morgan fingerprint density at radius 3 is 2.50 bits per heavy atom. The molecular weight excluding hydrogens is 460 g/mol. The number of aromatic hydroxyl groups is 1. The first-order valence-corrected chi connectivity index (χ1v) is 10.4. The molecule has 2 heterocycles. The minimum atomic E-state index is -4.61. The van der Waals surface area contributed by atoms with E-state index in [-0.39, 0.29) is 17.2 Å². The molecule has 0 bridgehead atoms. The normalized spacial score (nSPS) is 12.8. The summed E-state index contributed by atoms with van der Waals surface area (Å²) in [6.45, 7) is 1.82. The molecule has 4 rings (SSSR count). The zero-order valence-corrected chi connectivity index (χ0v) is 18.3. The van der Waals surface area contributed by atoms with Crippen molar-refractivity contribution in [1.82, 2.24) is 9.97 Å². The van der Waals surface area contributed by atoms with Crippen LogP contribution < -0.4 is 0 Å². The van der Waals surface area contributed by atoms with Crippen molar-refractivity contribution in [3.63, 3.8) is 0 Å². The number of benzene rings is 2. The molecule has 2 aromatic carbocycles. The van der Waals surface area contributed by atoms with Gasteiger partial charge in [0.1, 0.15) is 11.3 Å². The summed E-state index contributed by atoms with van der Waals surface area (Å²) < 4.78 is 40.6. The topological polar surface area (TPSA) is 46.0 Å². The molecule has 1 atom stereocenters. The number of hydrogen-bond donors (Lipinski definition) is 1. The number of nitrogens with zero attached hydrogens (tertiary/aromatic N) is 2. The summed E-state index contributed by atoms with van der Waals surface area (Å²) in [7, 11) is 0. The molecule has 0 spiro atoms. The first kappa shape index (κ1) is 22.4. The van der Waals surface area contributed by atoms with Gasteiger partial charge in [0.25, 0.3) is 0 Å². The van der Waals surface area contributed by atoms with Crippen molar-refractivity contribution in [2.75, 3.05) is 0 Å². The van der Waals surface area contributed by atoms with Gasteiger partial charge in [-0.25, -0.2) is 0 Å². The number of alkyl halides is 3. The summed E-state index contributed by atoms with van der Waals surface area (Å²) >= 11 is 11.9. The molecule has 2 aromatic heterocycles. The molecule has 0 aliphatic heterocycles. The van der Waals surface area contributed by atoms with Crippen molar-refractivity contribution in [3.05, 3.63) is 98.9 Å². The number of phenols is 1. The summed E-state index contributed by atoms with van der Waals surface area (Å²) in [6.07, 6.45) is -1.31. The van der Waals surface area contributed by atoms with Gasteiger partial charge in [-0.3, -0.25) is 9.97 Å². The van der Waals surface area contributed by atoms with E-state index >= 15 is 0 Å². The molecule has 1 N–H and O–H groups in total. The smallest absolute Gasteiger partial charge is 0.417 e. The maximum absolute atomic E-state index is 13.5. The second kappa shape index (κ2) is 8.60. The minimum Gasteiger partial charge on any atom is -0.505 e. The lowest BCUT2D eigenvalue weighted by molar-refractivity contribution is -0.137.